The summed E-state index contributed by atoms with van der Waals surface area (Å²) in [4.78, 5) is 18.2. The molecule has 3 rings (SSSR count). The Morgan fingerprint density at radius 1 is 1.21 bits per heavy atom. The second kappa shape index (κ2) is 7.00. The van der Waals surface area contributed by atoms with Gasteiger partial charge in [0.05, 0.1) is 5.56 Å². The van der Waals surface area contributed by atoms with Gasteiger partial charge < -0.3 is 14.8 Å². The van der Waals surface area contributed by atoms with Gasteiger partial charge >= 0.3 is 5.97 Å². The number of aromatic amines is 1. The van der Waals surface area contributed by atoms with Crippen LogP contribution in [-0.4, -0.2) is 21.0 Å². The molecule has 2 N–H and O–H groups in total. The van der Waals surface area contributed by atoms with Gasteiger partial charge in [-0.2, -0.15) is 0 Å². The van der Waals surface area contributed by atoms with E-state index in [0.29, 0.717) is 13.0 Å². The van der Waals surface area contributed by atoms with Crippen LogP contribution in [0.15, 0.2) is 54.9 Å². The molecule has 3 aromatic rings. The van der Waals surface area contributed by atoms with Gasteiger partial charge in [-0.25, -0.2) is 9.78 Å². The van der Waals surface area contributed by atoms with Crippen molar-refractivity contribution in [2.24, 2.45) is 0 Å². The van der Waals surface area contributed by atoms with Crippen molar-refractivity contribution in [3.8, 4) is 5.75 Å². The topological polar surface area (TPSA) is 75.2 Å². The van der Waals surface area contributed by atoms with E-state index in [2.05, 4.69) is 16.0 Å². The molecule has 0 amide bonds. The van der Waals surface area contributed by atoms with Crippen molar-refractivity contribution in [1.82, 2.24) is 9.97 Å². The predicted molar refractivity (Wildman–Crippen MR) is 90.3 cm³/mol. The summed E-state index contributed by atoms with van der Waals surface area (Å²) in [6, 6.07) is 12.8. The Morgan fingerprint density at radius 2 is 2.00 bits per heavy atom. The van der Waals surface area contributed by atoms with E-state index in [1.807, 2.05) is 19.1 Å². The van der Waals surface area contributed by atoms with Crippen LogP contribution in [-0.2, 0) is 13.0 Å². The molecule has 0 atom stereocenters. The summed E-state index contributed by atoms with van der Waals surface area (Å²) in [6.45, 7) is 2.42. The maximum Gasteiger partial charge on any atom is 0.335 e. The number of aromatic carboxylic acids is 1. The molecular weight excluding hydrogens is 304 g/mol. The second-order valence-electron chi connectivity index (χ2n) is 5.61. The molecule has 0 spiro atoms. The number of aryl methyl sites for hydroxylation is 1. The normalized spacial score (nSPS) is 10.5. The first-order chi connectivity index (χ1) is 11.6. The van der Waals surface area contributed by atoms with Crippen molar-refractivity contribution >= 4 is 5.97 Å². The molecule has 0 saturated heterocycles. The average Bonchev–Trinajstić information content (AvgIpc) is 3.07. The molecular formula is C19H18N2O3. The third kappa shape index (κ3) is 3.81. The molecule has 5 nitrogen and oxygen atoms in total. The number of imidazole rings is 1. The van der Waals surface area contributed by atoms with Gasteiger partial charge in [-0.1, -0.05) is 29.8 Å². The number of benzene rings is 2. The van der Waals surface area contributed by atoms with Crippen LogP contribution in [0.3, 0.4) is 0 Å². The third-order valence-electron chi connectivity index (χ3n) is 3.72. The summed E-state index contributed by atoms with van der Waals surface area (Å²) < 4.78 is 5.94. The summed E-state index contributed by atoms with van der Waals surface area (Å²) in [5.41, 5.74) is 3.42. The number of hydrogen-bond donors (Lipinski definition) is 2. The Bertz CT molecular complexity index is 824. The number of H-pyrrole nitrogens is 1. The highest BCUT2D eigenvalue weighted by molar-refractivity contribution is 5.87. The van der Waals surface area contributed by atoms with Crippen LogP contribution in [0.1, 0.15) is 32.9 Å². The molecule has 0 fully saturated rings. The zero-order valence-corrected chi connectivity index (χ0v) is 13.3. The quantitative estimate of drug-likeness (QED) is 0.727. The summed E-state index contributed by atoms with van der Waals surface area (Å²) in [5, 5.41) is 8.93. The minimum absolute atomic E-state index is 0.271. The van der Waals surface area contributed by atoms with Crippen molar-refractivity contribution in [2.75, 3.05) is 0 Å². The number of nitrogens with zero attached hydrogens (tertiary/aromatic N) is 1. The first kappa shape index (κ1) is 15.8. The summed E-state index contributed by atoms with van der Waals surface area (Å²) in [6.07, 6.45) is 4.20. The highest BCUT2D eigenvalue weighted by Gasteiger charge is 2.08. The number of carboxylic acid groups (broad SMARTS) is 1. The van der Waals surface area contributed by atoms with E-state index in [4.69, 9.17) is 9.84 Å². The summed E-state index contributed by atoms with van der Waals surface area (Å²) in [7, 11) is 0. The van der Waals surface area contributed by atoms with Crippen molar-refractivity contribution in [2.45, 2.75) is 20.0 Å². The van der Waals surface area contributed by atoms with Gasteiger partial charge in [0.2, 0.25) is 0 Å². The zero-order chi connectivity index (χ0) is 16.9. The molecule has 1 heterocycles. The van der Waals surface area contributed by atoms with Crippen molar-refractivity contribution in [3.63, 3.8) is 0 Å². The Balaban J connectivity index is 1.73. The highest BCUT2D eigenvalue weighted by atomic mass is 16.5. The summed E-state index contributed by atoms with van der Waals surface area (Å²) >= 11 is 0. The van der Waals surface area contributed by atoms with Crippen molar-refractivity contribution < 1.29 is 14.6 Å². The summed E-state index contributed by atoms with van der Waals surface area (Å²) in [5.74, 6) is 0.761. The van der Waals surface area contributed by atoms with E-state index in [1.54, 1.807) is 36.7 Å². The van der Waals surface area contributed by atoms with Crippen LogP contribution in [0, 0.1) is 6.92 Å². The van der Waals surface area contributed by atoms with E-state index >= 15 is 0 Å². The van der Waals surface area contributed by atoms with Gasteiger partial charge in [0.25, 0.3) is 0 Å². The smallest absolute Gasteiger partial charge is 0.335 e. The molecule has 0 bridgehead atoms. The monoisotopic (exact) mass is 322 g/mol. The molecule has 5 heteroatoms. The van der Waals surface area contributed by atoms with Crippen LogP contribution in [0.5, 0.6) is 5.75 Å². The van der Waals surface area contributed by atoms with E-state index in [0.717, 1.165) is 28.3 Å². The molecule has 0 radical (unpaired) electrons. The maximum atomic E-state index is 10.9. The molecule has 0 unspecified atom stereocenters. The van der Waals surface area contributed by atoms with Crippen LogP contribution in [0.25, 0.3) is 0 Å². The molecule has 0 aliphatic rings. The fourth-order valence-corrected chi connectivity index (χ4v) is 2.47. The lowest BCUT2D eigenvalue weighted by Gasteiger charge is -2.12. The van der Waals surface area contributed by atoms with E-state index in [-0.39, 0.29) is 5.56 Å². The standard InChI is InChI=1S/C19H18N2O3/c1-13-2-7-17(16(10-13)11-18-20-8-9-21-18)24-12-14-3-5-15(6-4-14)19(22)23/h2-10H,11-12H2,1H3,(H,20,21)(H,22,23). The predicted octanol–water partition coefficient (Wildman–Crippen LogP) is 3.59. The first-order valence-electron chi connectivity index (χ1n) is 7.64. The van der Waals surface area contributed by atoms with Crippen LogP contribution < -0.4 is 4.74 Å². The van der Waals surface area contributed by atoms with Gasteiger partial charge in [-0.05, 0) is 30.7 Å². The Morgan fingerprint density at radius 3 is 2.67 bits per heavy atom. The Labute approximate surface area is 140 Å². The fourth-order valence-electron chi connectivity index (χ4n) is 2.47. The average molecular weight is 322 g/mol. The van der Waals surface area contributed by atoms with Gasteiger partial charge in [0, 0.05) is 24.4 Å². The van der Waals surface area contributed by atoms with Crippen LogP contribution in [0.4, 0.5) is 0 Å². The van der Waals surface area contributed by atoms with E-state index in [9.17, 15) is 4.79 Å². The number of carboxylic acids is 1. The molecule has 0 aliphatic carbocycles. The molecule has 2 aromatic carbocycles. The lowest BCUT2D eigenvalue weighted by Crippen LogP contribution is -2.02. The number of rotatable bonds is 6. The van der Waals surface area contributed by atoms with Crippen LogP contribution >= 0.6 is 0 Å². The van der Waals surface area contributed by atoms with Gasteiger partial charge in [0.15, 0.2) is 0 Å². The number of ether oxygens (including phenoxy) is 1. The first-order valence-corrected chi connectivity index (χ1v) is 7.64. The zero-order valence-electron chi connectivity index (χ0n) is 13.3. The number of nitrogens with one attached hydrogen (secondary N) is 1. The van der Waals surface area contributed by atoms with Gasteiger partial charge in [0.1, 0.15) is 18.2 Å². The SMILES string of the molecule is Cc1ccc(OCc2ccc(C(=O)O)cc2)c(Cc2ncc[nH]2)c1. The molecule has 0 saturated carbocycles. The van der Waals surface area contributed by atoms with Gasteiger partial charge in [-0.3, -0.25) is 0 Å². The Hall–Kier alpha value is -3.08. The fraction of sp³-hybridized carbons (Fsp3) is 0.158. The van der Waals surface area contributed by atoms with Crippen molar-refractivity contribution in [3.05, 3.63) is 82.9 Å². The number of hydrogen-bond acceptors (Lipinski definition) is 3. The van der Waals surface area contributed by atoms with E-state index in [1.165, 1.54) is 0 Å². The largest absolute Gasteiger partial charge is 0.489 e. The lowest BCUT2D eigenvalue weighted by atomic mass is 10.1. The third-order valence-corrected chi connectivity index (χ3v) is 3.72. The number of carbonyl (C=O) groups is 1. The minimum atomic E-state index is -0.929. The van der Waals surface area contributed by atoms with E-state index < -0.39 is 5.97 Å². The molecule has 24 heavy (non-hydrogen) atoms. The van der Waals surface area contributed by atoms with Crippen LogP contribution in [0.2, 0.25) is 0 Å². The number of aromatic nitrogens is 2. The maximum absolute atomic E-state index is 10.9. The molecule has 122 valence electrons. The minimum Gasteiger partial charge on any atom is -0.489 e. The lowest BCUT2D eigenvalue weighted by molar-refractivity contribution is 0.0697. The molecule has 1 aromatic heterocycles. The highest BCUT2D eigenvalue weighted by Crippen LogP contribution is 2.23. The second-order valence-corrected chi connectivity index (χ2v) is 5.61. The Kier molecular flexibility index (Phi) is 4.61. The molecule has 0 aliphatic heterocycles. The van der Waals surface area contributed by atoms with Gasteiger partial charge in [-0.15, -0.1) is 0 Å². The van der Waals surface area contributed by atoms with Crippen molar-refractivity contribution in [1.29, 1.82) is 0 Å².